The third-order valence-corrected chi connectivity index (χ3v) is 3.55. The summed E-state index contributed by atoms with van der Waals surface area (Å²) in [7, 11) is 0. The number of aliphatic hydroxyl groups excluding tert-OH is 1. The molecule has 3 rings (SSSR count). The Morgan fingerprint density at radius 2 is 1.74 bits per heavy atom. The average molecular weight is 370 g/mol. The van der Waals surface area contributed by atoms with E-state index in [4.69, 9.17) is 14.2 Å². The van der Waals surface area contributed by atoms with Gasteiger partial charge in [0.25, 0.3) is 0 Å². The lowest BCUT2D eigenvalue weighted by Gasteiger charge is -2.34. The first-order chi connectivity index (χ1) is 13.1. The van der Waals surface area contributed by atoms with Crippen molar-refractivity contribution in [1.29, 1.82) is 0 Å². The number of ether oxygens (including phenoxy) is 3. The molecule has 27 heavy (non-hydrogen) atoms. The van der Waals surface area contributed by atoms with Gasteiger partial charge in [-0.05, 0) is 24.6 Å². The van der Waals surface area contributed by atoms with Gasteiger partial charge in [0.2, 0.25) is 0 Å². The zero-order valence-corrected chi connectivity index (χ0v) is 16.5. The van der Waals surface area contributed by atoms with Crippen molar-refractivity contribution >= 4 is 0 Å². The van der Waals surface area contributed by atoms with E-state index in [1.54, 1.807) is 12.2 Å². The molecule has 2 aromatic rings. The molecule has 0 saturated carbocycles. The van der Waals surface area contributed by atoms with Crippen LogP contribution in [0.25, 0.3) is 0 Å². The highest BCUT2D eigenvalue weighted by Gasteiger charge is 2.32. The van der Waals surface area contributed by atoms with Crippen LogP contribution < -0.4 is 14.2 Å². The number of hydrogen-bond acceptors (Lipinski definition) is 4. The summed E-state index contributed by atoms with van der Waals surface area (Å²) in [5.41, 5.74) is 0.430. The van der Waals surface area contributed by atoms with Crippen LogP contribution in [0.15, 0.2) is 73.8 Å². The third-order valence-electron chi connectivity index (χ3n) is 3.55. The standard InChI is InChI=1S/C17H18O4.C4H6.C2H6/c1-17(11-18)12-20-16-9-14(7-8-15(16)21-17)19-10-13-5-3-2-4-6-13;1-3-4-2;1-2/h2-9,18H,10-12H2,1H3;3-4H,1-2H2;1-2H3. The lowest BCUT2D eigenvalue weighted by Crippen LogP contribution is -2.45. The van der Waals surface area contributed by atoms with Gasteiger partial charge in [-0.25, -0.2) is 0 Å². The lowest BCUT2D eigenvalue weighted by atomic mass is 10.1. The maximum atomic E-state index is 9.31. The average Bonchev–Trinajstić information content (AvgIpc) is 2.74. The maximum Gasteiger partial charge on any atom is 0.165 e. The molecule has 1 atom stereocenters. The van der Waals surface area contributed by atoms with E-state index in [-0.39, 0.29) is 6.61 Å². The van der Waals surface area contributed by atoms with E-state index >= 15 is 0 Å². The molecule has 1 N–H and O–H groups in total. The maximum absolute atomic E-state index is 9.31. The molecule has 1 unspecified atom stereocenters. The minimum atomic E-state index is -0.681. The van der Waals surface area contributed by atoms with Crippen molar-refractivity contribution in [2.24, 2.45) is 0 Å². The van der Waals surface area contributed by atoms with E-state index in [9.17, 15) is 5.11 Å². The Kier molecular flexibility index (Phi) is 9.76. The molecular weight excluding hydrogens is 340 g/mol. The Balaban J connectivity index is 0.000000541. The van der Waals surface area contributed by atoms with Gasteiger partial charge in [0.05, 0.1) is 6.61 Å². The molecule has 146 valence electrons. The number of rotatable bonds is 5. The van der Waals surface area contributed by atoms with Crippen molar-refractivity contribution in [3.05, 3.63) is 79.4 Å². The van der Waals surface area contributed by atoms with E-state index in [1.165, 1.54) is 0 Å². The highest BCUT2D eigenvalue weighted by atomic mass is 16.6. The fourth-order valence-corrected chi connectivity index (χ4v) is 2.12. The molecule has 0 saturated heterocycles. The molecule has 4 nitrogen and oxygen atoms in total. The monoisotopic (exact) mass is 370 g/mol. The second kappa shape index (κ2) is 11.8. The van der Waals surface area contributed by atoms with Crippen LogP contribution in [-0.2, 0) is 6.61 Å². The van der Waals surface area contributed by atoms with Crippen molar-refractivity contribution < 1.29 is 19.3 Å². The van der Waals surface area contributed by atoms with Gasteiger partial charge in [-0.3, -0.25) is 0 Å². The van der Waals surface area contributed by atoms with Gasteiger partial charge in [0, 0.05) is 6.07 Å². The molecule has 0 aliphatic carbocycles. The summed E-state index contributed by atoms with van der Waals surface area (Å²) < 4.78 is 17.2. The van der Waals surface area contributed by atoms with Crippen LogP contribution in [0.3, 0.4) is 0 Å². The first-order valence-corrected chi connectivity index (χ1v) is 9.07. The smallest absolute Gasteiger partial charge is 0.165 e. The zero-order valence-electron chi connectivity index (χ0n) is 16.5. The first kappa shape index (κ1) is 22.3. The predicted octanol–water partition coefficient (Wildman–Crippen LogP) is 5.17. The summed E-state index contributed by atoms with van der Waals surface area (Å²) in [6, 6.07) is 15.4. The Hall–Kier alpha value is -2.72. The number of hydrogen-bond donors (Lipinski definition) is 1. The summed E-state index contributed by atoms with van der Waals surface area (Å²) in [6.07, 6.45) is 3.28. The van der Waals surface area contributed by atoms with Gasteiger partial charge in [-0.2, -0.15) is 0 Å². The topological polar surface area (TPSA) is 47.9 Å². The van der Waals surface area contributed by atoms with Gasteiger partial charge in [-0.1, -0.05) is 69.5 Å². The van der Waals surface area contributed by atoms with Crippen molar-refractivity contribution in [2.75, 3.05) is 13.2 Å². The minimum absolute atomic E-state index is 0.0846. The second-order valence-electron chi connectivity index (χ2n) is 5.85. The Morgan fingerprint density at radius 1 is 1.07 bits per heavy atom. The molecular formula is C23H30O4. The summed E-state index contributed by atoms with van der Waals surface area (Å²) in [5.74, 6) is 2.00. The molecule has 2 aromatic carbocycles. The van der Waals surface area contributed by atoms with Gasteiger partial charge in [-0.15, -0.1) is 0 Å². The number of benzene rings is 2. The summed E-state index contributed by atoms with van der Waals surface area (Å²) >= 11 is 0. The Bertz CT molecular complexity index is 691. The van der Waals surface area contributed by atoms with Gasteiger partial charge >= 0.3 is 0 Å². The first-order valence-electron chi connectivity index (χ1n) is 9.07. The summed E-state index contributed by atoms with van der Waals surface area (Å²) in [4.78, 5) is 0. The fraction of sp³-hybridized carbons (Fsp3) is 0.304. The van der Waals surface area contributed by atoms with Gasteiger partial charge < -0.3 is 19.3 Å². The van der Waals surface area contributed by atoms with Crippen LogP contribution in [0.5, 0.6) is 17.2 Å². The minimum Gasteiger partial charge on any atom is -0.489 e. The Morgan fingerprint density at radius 3 is 2.33 bits per heavy atom. The zero-order chi connectivity index (χ0) is 20.1. The highest BCUT2D eigenvalue weighted by molar-refractivity contribution is 5.47. The second-order valence-corrected chi connectivity index (χ2v) is 5.85. The molecule has 0 amide bonds. The van der Waals surface area contributed by atoms with E-state index < -0.39 is 5.60 Å². The van der Waals surface area contributed by atoms with E-state index in [0.717, 1.165) is 11.3 Å². The molecule has 0 bridgehead atoms. The molecule has 1 heterocycles. The van der Waals surface area contributed by atoms with Crippen LogP contribution in [0.4, 0.5) is 0 Å². The third kappa shape index (κ3) is 7.19. The SMILES string of the molecule is C=CC=C.CC.CC1(CO)COc2cc(OCc3ccccc3)ccc2O1. The highest BCUT2D eigenvalue weighted by Crippen LogP contribution is 2.37. The molecule has 0 spiro atoms. The number of allylic oxidation sites excluding steroid dienone is 2. The molecule has 0 fully saturated rings. The Labute approximate surface area is 162 Å². The van der Waals surface area contributed by atoms with Crippen LogP contribution >= 0.6 is 0 Å². The van der Waals surface area contributed by atoms with E-state index in [0.29, 0.717) is 24.7 Å². The molecule has 0 radical (unpaired) electrons. The van der Waals surface area contributed by atoms with Crippen LogP contribution in [0.1, 0.15) is 26.3 Å². The fourth-order valence-electron chi connectivity index (χ4n) is 2.12. The van der Waals surface area contributed by atoms with E-state index in [1.807, 2.05) is 69.3 Å². The van der Waals surface area contributed by atoms with Crippen LogP contribution in [0, 0.1) is 0 Å². The van der Waals surface area contributed by atoms with Crippen molar-refractivity contribution in [3.63, 3.8) is 0 Å². The number of fused-ring (bicyclic) bond motifs is 1. The van der Waals surface area contributed by atoms with Crippen molar-refractivity contribution in [1.82, 2.24) is 0 Å². The van der Waals surface area contributed by atoms with Crippen molar-refractivity contribution in [3.8, 4) is 17.2 Å². The van der Waals surface area contributed by atoms with Crippen molar-refractivity contribution in [2.45, 2.75) is 33.0 Å². The quantitative estimate of drug-likeness (QED) is 0.738. The van der Waals surface area contributed by atoms with Gasteiger partial charge in [0.15, 0.2) is 17.1 Å². The largest absolute Gasteiger partial charge is 0.489 e. The summed E-state index contributed by atoms with van der Waals surface area (Å²) in [5, 5.41) is 9.31. The molecule has 0 aromatic heterocycles. The molecule has 4 heteroatoms. The lowest BCUT2D eigenvalue weighted by molar-refractivity contribution is -0.0338. The molecule has 1 aliphatic rings. The van der Waals surface area contributed by atoms with Gasteiger partial charge in [0.1, 0.15) is 19.0 Å². The normalized spacial score (nSPS) is 16.6. The van der Waals surface area contributed by atoms with Crippen LogP contribution in [-0.4, -0.2) is 23.9 Å². The van der Waals surface area contributed by atoms with Crippen LogP contribution in [0.2, 0.25) is 0 Å². The number of aliphatic hydroxyl groups is 1. The predicted molar refractivity (Wildman–Crippen MR) is 111 cm³/mol. The van der Waals surface area contributed by atoms with E-state index in [2.05, 4.69) is 13.2 Å². The molecule has 1 aliphatic heterocycles. The summed E-state index contributed by atoms with van der Waals surface area (Å²) in [6.45, 7) is 13.3.